The third-order valence-electron chi connectivity index (χ3n) is 4.75. The van der Waals surface area contributed by atoms with Crippen LogP contribution < -0.4 is 4.74 Å². The highest BCUT2D eigenvalue weighted by Crippen LogP contribution is 2.37. The molecule has 1 N–H and O–H groups in total. The summed E-state index contributed by atoms with van der Waals surface area (Å²) in [5, 5.41) is 10.3. The molecule has 2 aliphatic rings. The van der Waals surface area contributed by atoms with Gasteiger partial charge in [-0.2, -0.15) is 0 Å². The molecule has 0 radical (unpaired) electrons. The zero-order valence-electron chi connectivity index (χ0n) is 13.1. The number of aliphatic hydroxyl groups excluding tert-OH is 1. The molecule has 1 aromatic rings. The number of rotatable bonds is 2. The minimum absolute atomic E-state index is 0.0232. The van der Waals surface area contributed by atoms with E-state index in [1.165, 1.54) is 11.3 Å². The molecule has 1 amide bonds. The standard InChI is InChI=1S/C16H23NO4S/c1-11-10-12(20-2)14(22-11)15(19)17-7-5-16(6-8-17)13(18)4-3-9-21-16/h10,13,18H,3-9H2,1-2H3/t13-/m1/s1. The minimum Gasteiger partial charge on any atom is -0.495 e. The maximum Gasteiger partial charge on any atom is 0.267 e. The van der Waals surface area contributed by atoms with Gasteiger partial charge < -0.3 is 19.5 Å². The molecule has 1 spiro atoms. The molecular formula is C16H23NO4S. The first-order valence-corrected chi connectivity index (χ1v) is 8.63. The topological polar surface area (TPSA) is 59.0 Å². The second-order valence-corrected chi connectivity index (χ2v) is 7.37. The summed E-state index contributed by atoms with van der Waals surface area (Å²) in [6.45, 7) is 3.93. The molecule has 0 aromatic carbocycles. The summed E-state index contributed by atoms with van der Waals surface area (Å²) in [6, 6.07) is 1.90. The maximum atomic E-state index is 12.7. The summed E-state index contributed by atoms with van der Waals surface area (Å²) in [6.07, 6.45) is 2.71. The molecule has 6 heteroatoms. The maximum absolute atomic E-state index is 12.7. The van der Waals surface area contributed by atoms with E-state index in [0.717, 1.165) is 17.7 Å². The monoisotopic (exact) mass is 325 g/mol. The quantitative estimate of drug-likeness (QED) is 0.906. The highest BCUT2D eigenvalue weighted by molar-refractivity contribution is 7.14. The van der Waals surface area contributed by atoms with Crippen molar-refractivity contribution in [2.75, 3.05) is 26.8 Å². The predicted octanol–water partition coefficient (Wildman–Crippen LogP) is 2.21. The Labute approximate surface area is 134 Å². The molecule has 1 atom stereocenters. The SMILES string of the molecule is COc1cc(C)sc1C(=O)N1CCC2(CC1)OCCC[C@H]2O. The number of methoxy groups -OCH3 is 1. The van der Waals surface area contributed by atoms with Crippen LogP contribution in [-0.2, 0) is 4.74 Å². The molecule has 0 bridgehead atoms. The number of aliphatic hydroxyl groups is 1. The number of carbonyl (C=O) groups is 1. The van der Waals surface area contributed by atoms with E-state index >= 15 is 0 Å². The van der Waals surface area contributed by atoms with Crippen molar-refractivity contribution in [2.24, 2.45) is 0 Å². The van der Waals surface area contributed by atoms with Crippen LogP contribution in [0.2, 0.25) is 0 Å². The molecule has 5 nitrogen and oxygen atoms in total. The molecule has 1 aromatic heterocycles. The smallest absolute Gasteiger partial charge is 0.267 e. The van der Waals surface area contributed by atoms with Gasteiger partial charge in [-0.1, -0.05) is 0 Å². The average Bonchev–Trinajstić information content (AvgIpc) is 2.91. The van der Waals surface area contributed by atoms with Gasteiger partial charge in [-0.05, 0) is 38.7 Å². The van der Waals surface area contributed by atoms with Crippen molar-refractivity contribution in [3.05, 3.63) is 15.8 Å². The van der Waals surface area contributed by atoms with Gasteiger partial charge in [-0.15, -0.1) is 11.3 Å². The van der Waals surface area contributed by atoms with E-state index in [4.69, 9.17) is 9.47 Å². The number of carbonyl (C=O) groups excluding carboxylic acids is 1. The van der Waals surface area contributed by atoms with Crippen molar-refractivity contribution in [2.45, 2.75) is 44.3 Å². The first kappa shape index (κ1) is 15.8. The molecule has 2 fully saturated rings. The van der Waals surface area contributed by atoms with Crippen LogP contribution in [0.25, 0.3) is 0 Å². The summed E-state index contributed by atoms with van der Waals surface area (Å²) >= 11 is 1.47. The van der Waals surface area contributed by atoms with Crippen LogP contribution in [0.1, 0.15) is 40.2 Å². The lowest BCUT2D eigenvalue weighted by Crippen LogP contribution is -2.56. The highest BCUT2D eigenvalue weighted by Gasteiger charge is 2.44. The fourth-order valence-electron chi connectivity index (χ4n) is 3.41. The summed E-state index contributed by atoms with van der Waals surface area (Å²) in [7, 11) is 1.59. The Morgan fingerprint density at radius 1 is 1.50 bits per heavy atom. The molecule has 3 rings (SSSR count). The lowest BCUT2D eigenvalue weighted by molar-refractivity contribution is -0.174. The van der Waals surface area contributed by atoms with Crippen LogP contribution in [0.4, 0.5) is 0 Å². The first-order chi connectivity index (χ1) is 10.6. The van der Waals surface area contributed by atoms with E-state index < -0.39 is 11.7 Å². The first-order valence-electron chi connectivity index (χ1n) is 7.81. The van der Waals surface area contributed by atoms with E-state index in [1.54, 1.807) is 7.11 Å². The number of hydrogen-bond acceptors (Lipinski definition) is 5. The molecule has 0 unspecified atom stereocenters. The average molecular weight is 325 g/mol. The molecule has 2 saturated heterocycles. The molecule has 0 aliphatic carbocycles. The number of ether oxygens (including phenoxy) is 2. The van der Waals surface area contributed by atoms with Crippen LogP contribution in [0.15, 0.2) is 6.07 Å². The largest absolute Gasteiger partial charge is 0.495 e. The second-order valence-electron chi connectivity index (χ2n) is 6.12. The van der Waals surface area contributed by atoms with Crippen molar-refractivity contribution in [3.63, 3.8) is 0 Å². The number of hydrogen-bond donors (Lipinski definition) is 1. The van der Waals surface area contributed by atoms with Crippen molar-refractivity contribution in [1.82, 2.24) is 4.90 Å². The van der Waals surface area contributed by atoms with Crippen LogP contribution in [0, 0.1) is 6.92 Å². The van der Waals surface area contributed by atoms with Crippen LogP contribution in [-0.4, -0.2) is 54.4 Å². The molecule has 3 heterocycles. The third kappa shape index (κ3) is 2.75. The van der Waals surface area contributed by atoms with Crippen LogP contribution in [0.3, 0.4) is 0 Å². The Hall–Kier alpha value is -1.11. The van der Waals surface area contributed by atoms with Gasteiger partial charge in [0.1, 0.15) is 10.6 Å². The molecular weight excluding hydrogens is 302 g/mol. The lowest BCUT2D eigenvalue weighted by Gasteiger charge is -2.46. The van der Waals surface area contributed by atoms with Crippen molar-refractivity contribution >= 4 is 17.2 Å². The number of piperidine rings is 1. The van der Waals surface area contributed by atoms with Crippen LogP contribution >= 0.6 is 11.3 Å². The summed E-state index contributed by atoms with van der Waals surface area (Å²) in [5.41, 5.74) is -0.440. The zero-order chi connectivity index (χ0) is 15.7. The Morgan fingerprint density at radius 3 is 2.86 bits per heavy atom. The van der Waals surface area contributed by atoms with Gasteiger partial charge in [-0.25, -0.2) is 0 Å². The predicted molar refractivity (Wildman–Crippen MR) is 84.7 cm³/mol. The number of likely N-dealkylation sites (tertiary alicyclic amines) is 1. The van der Waals surface area contributed by atoms with Gasteiger partial charge in [0.15, 0.2) is 0 Å². The number of nitrogens with zero attached hydrogens (tertiary/aromatic N) is 1. The molecule has 122 valence electrons. The fourth-order valence-corrected chi connectivity index (χ4v) is 4.36. The van der Waals surface area contributed by atoms with E-state index in [0.29, 0.717) is 43.2 Å². The number of thiophene rings is 1. The third-order valence-corrected chi connectivity index (χ3v) is 5.77. The van der Waals surface area contributed by atoms with Gasteiger partial charge in [-0.3, -0.25) is 4.79 Å². The zero-order valence-corrected chi connectivity index (χ0v) is 13.9. The Kier molecular flexibility index (Phi) is 4.43. The van der Waals surface area contributed by atoms with Crippen molar-refractivity contribution in [1.29, 1.82) is 0 Å². The van der Waals surface area contributed by atoms with Crippen LogP contribution in [0.5, 0.6) is 5.75 Å². The van der Waals surface area contributed by atoms with E-state index in [2.05, 4.69) is 0 Å². The highest BCUT2D eigenvalue weighted by atomic mass is 32.1. The minimum atomic E-state index is -0.440. The lowest BCUT2D eigenvalue weighted by atomic mass is 9.82. The second kappa shape index (κ2) is 6.18. The van der Waals surface area contributed by atoms with Gasteiger partial charge in [0.25, 0.3) is 5.91 Å². The van der Waals surface area contributed by atoms with Gasteiger partial charge in [0, 0.05) is 24.6 Å². The molecule has 2 aliphatic heterocycles. The number of amides is 1. The van der Waals surface area contributed by atoms with Crippen molar-refractivity contribution < 1.29 is 19.4 Å². The molecule has 0 saturated carbocycles. The van der Waals surface area contributed by atoms with Crippen molar-refractivity contribution in [3.8, 4) is 5.75 Å². The summed E-state index contributed by atoms with van der Waals surface area (Å²) in [5.74, 6) is 0.678. The summed E-state index contributed by atoms with van der Waals surface area (Å²) < 4.78 is 11.2. The Bertz CT molecular complexity index is 548. The fraction of sp³-hybridized carbons (Fsp3) is 0.688. The van der Waals surface area contributed by atoms with E-state index in [-0.39, 0.29) is 5.91 Å². The molecule has 22 heavy (non-hydrogen) atoms. The normalized spacial score (nSPS) is 24.5. The van der Waals surface area contributed by atoms with Gasteiger partial charge in [0.05, 0.1) is 18.8 Å². The summed E-state index contributed by atoms with van der Waals surface area (Å²) in [4.78, 5) is 16.3. The number of aryl methyl sites for hydroxylation is 1. The van der Waals surface area contributed by atoms with E-state index in [9.17, 15) is 9.90 Å². The van der Waals surface area contributed by atoms with E-state index in [1.807, 2.05) is 17.9 Å². The Balaban J connectivity index is 1.69. The van der Waals surface area contributed by atoms with Gasteiger partial charge in [0.2, 0.25) is 0 Å². The Morgan fingerprint density at radius 2 is 2.23 bits per heavy atom. The van der Waals surface area contributed by atoms with Gasteiger partial charge >= 0.3 is 0 Å².